The molecule has 102 valence electrons. The fraction of sp³-hybridized carbons (Fsp3) is 0.625. The zero-order valence-electron chi connectivity index (χ0n) is 12.3. The van der Waals surface area contributed by atoms with E-state index in [1.807, 2.05) is 0 Å². The molecule has 0 radical (unpaired) electrons. The normalized spacial score (nSPS) is 16.6. The molecule has 0 spiro atoms. The number of ether oxygens (including phenoxy) is 1. The summed E-state index contributed by atoms with van der Waals surface area (Å²) in [6, 6.07) is 11.4. The minimum atomic E-state index is 0.225. The Labute approximate surface area is 112 Å². The maximum absolute atomic E-state index is 5.39. The maximum Gasteiger partial charge on any atom is 0.0693 e. The van der Waals surface area contributed by atoms with E-state index in [1.165, 1.54) is 5.56 Å². The van der Waals surface area contributed by atoms with Gasteiger partial charge in [0, 0.05) is 19.2 Å². The molecular weight excluding hydrogens is 222 g/mol. The van der Waals surface area contributed by atoms with E-state index in [-0.39, 0.29) is 6.10 Å². The molecule has 2 heteroatoms. The Morgan fingerprint density at radius 2 is 1.67 bits per heavy atom. The van der Waals surface area contributed by atoms with Crippen LogP contribution >= 0.6 is 0 Å². The highest BCUT2D eigenvalue weighted by atomic mass is 16.5. The second kappa shape index (κ2) is 7.55. The molecule has 0 aromatic heterocycles. The summed E-state index contributed by atoms with van der Waals surface area (Å²) >= 11 is 0. The van der Waals surface area contributed by atoms with Crippen LogP contribution in [-0.2, 0) is 4.74 Å². The fourth-order valence-corrected chi connectivity index (χ4v) is 2.11. The molecule has 0 amide bonds. The van der Waals surface area contributed by atoms with Gasteiger partial charge in [-0.2, -0.15) is 0 Å². The van der Waals surface area contributed by atoms with Gasteiger partial charge in [0.25, 0.3) is 0 Å². The third kappa shape index (κ3) is 4.79. The van der Waals surface area contributed by atoms with Crippen LogP contribution in [0, 0.1) is 5.92 Å². The van der Waals surface area contributed by atoms with Gasteiger partial charge in [0.1, 0.15) is 0 Å². The SMILES string of the molecule is COC(C)C(C)NC(CC(C)C)c1ccccc1. The maximum atomic E-state index is 5.39. The minimum Gasteiger partial charge on any atom is -0.380 e. The summed E-state index contributed by atoms with van der Waals surface area (Å²) in [6.45, 7) is 8.82. The van der Waals surface area contributed by atoms with Crippen LogP contribution in [0.4, 0.5) is 0 Å². The lowest BCUT2D eigenvalue weighted by Crippen LogP contribution is -2.39. The molecule has 0 heterocycles. The number of benzene rings is 1. The Bertz CT molecular complexity index is 323. The van der Waals surface area contributed by atoms with Gasteiger partial charge in [-0.15, -0.1) is 0 Å². The van der Waals surface area contributed by atoms with E-state index in [2.05, 4.69) is 63.3 Å². The Kier molecular flexibility index (Phi) is 6.37. The molecule has 1 aromatic rings. The van der Waals surface area contributed by atoms with E-state index in [0.717, 1.165) is 6.42 Å². The van der Waals surface area contributed by atoms with Crippen molar-refractivity contribution in [3.63, 3.8) is 0 Å². The first-order valence-corrected chi connectivity index (χ1v) is 6.88. The van der Waals surface area contributed by atoms with E-state index in [4.69, 9.17) is 4.74 Å². The Balaban J connectivity index is 2.73. The molecule has 1 rings (SSSR count). The van der Waals surface area contributed by atoms with E-state index in [9.17, 15) is 0 Å². The summed E-state index contributed by atoms with van der Waals surface area (Å²) < 4.78 is 5.39. The highest BCUT2D eigenvalue weighted by molar-refractivity contribution is 5.19. The predicted octanol–water partition coefficient (Wildman–Crippen LogP) is 3.79. The van der Waals surface area contributed by atoms with Crippen LogP contribution < -0.4 is 5.32 Å². The van der Waals surface area contributed by atoms with E-state index >= 15 is 0 Å². The summed E-state index contributed by atoms with van der Waals surface area (Å²) in [4.78, 5) is 0. The van der Waals surface area contributed by atoms with Crippen LogP contribution in [0.5, 0.6) is 0 Å². The van der Waals surface area contributed by atoms with Gasteiger partial charge in [0.2, 0.25) is 0 Å². The second-order valence-electron chi connectivity index (χ2n) is 5.49. The molecule has 3 unspecified atom stereocenters. The molecule has 0 bridgehead atoms. The summed E-state index contributed by atoms with van der Waals surface area (Å²) in [5.74, 6) is 0.674. The lowest BCUT2D eigenvalue weighted by molar-refractivity contribution is 0.0831. The minimum absolute atomic E-state index is 0.225. The van der Waals surface area contributed by atoms with Crippen molar-refractivity contribution in [2.45, 2.75) is 52.3 Å². The Morgan fingerprint density at radius 1 is 1.06 bits per heavy atom. The van der Waals surface area contributed by atoms with Crippen molar-refractivity contribution in [2.75, 3.05) is 7.11 Å². The van der Waals surface area contributed by atoms with Gasteiger partial charge in [-0.25, -0.2) is 0 Å². The quantitative estimate of drug-likeness (QED) is 0.794. The highest BCUT2D eigenvalue weighted by Gasteiger charge is 2.18. The first-order valence-electron chi connectivity index (χ1n) is 6.88. The van der Waals surface area contributed by atoms with Crippen LogP contribution in [0.3, 0.4) is 0 Å². The molecule has 1 N–H and O–H groups in total. The molecule has 0 aliphatic heterocycles. The number of hydrogen-bond donors (Lipinski definition) is 1. The van der Waals surface area contributed by atoms with Gasteiger partial charge in [-0.05, 0) is 31.7 Å². The van der Waals surface area contributed by atoms with Crippen molar-refractivity contribution < 1.29 is 4.74 Å². The van der Waals surface area contributed by atoms with Crippen molar-refractivity contribution in [3.05, 3.63) is 35.9 Å². The van der Waals surface area contributed by atoms with Gasteiger partial charge in [-0.3, -0.25) is 0 Å². The van der Waals surface area contributed by atoms with Crippen LogP contribution in [0.25, 0.3) is 0 Å². The molecule has 0 aliphatic carbocycles. The molecule has 0 fully saturated rings. The first-order chi connectivity index (χ1) is 8.54. The topological polar surface area (TPSA) is 21.3 Å². The highest BCUT2D eigenvalue weighted by Crippen LogP contribution is 2.22. The van der Waals surface area contributed by atoms with Crippen LogP contribution in [0.15, 0.2) is 30.3 Å². The smallest absolute Gasteiger partial charge is 0.0693 e. The van der Waals surface area contributed by atoms with E-state index in [1.54, 1.807) is 7.11 Å². The number of rotatable bonds is 7. The van der Waals surface area contributed by atoms with Gasteiger partial charge in [0.05, 0.1) is 6.10 Å². The third-order valence-electron chi connectivity index (χ3n) is 3.45. The Hall–Kier alpha value is -0.860. The number of methoxy groups -OCH3 is 1. The van der Waals surface area contributed by atoms with Crippen molar-refractivity contribution in [1.82, 2.24) is 5.32 Å². The van der Waals surface area contributed by atoms with Crippen molar-refractivity contribution in [3.8, 4) is 0 Å². The predicted molar refractivity (Wildman–Crippen MR) is 77.7 cm³/mol. The molecule has 2 nitrogen and oxygen atoms in total. The Morgan fingerprint density at radius 3 is 2.17 bits per heavy atom. The largest absolute Gasteiger partial charge is 0.380 e. The fourth-order valence-electron chi connectivity index (χ4n) is 2.11. The molecule has 18 heavy (non-hydrogen) atoms. The van der Waals surface area contributed by atoms with Crippen molar-refractivity contribution in [1.29, 1.82) is 0 Å². The molecule has 3 atom stereocenters. The van der Waals surface area contributed by atoms with Crippen molar-refractivity contribution in [2.24, 2.45) is 5.92 Å². The molecular formula is C16H27NO. The first kappa shape index (κ1) is 15.2. The summed E-state index contributed by atoms with van der Waals surface area (Å²) in [5.41, 5.74) is 1.36. The molecule has 0 saturated carbocycles. The molecule has 0 aliphatic rings. The molecule has 1 aromatic carbocycles. The third-order valence-corrected chi connectivity index (χ3v) is 3.45. The van der Waals surface area contributed by atoms with Crippen molar-refractivity contribution >= 4 is 0 Å². The summed E-state index contributed by atoms with van der Waals surface area (Å²) in [7, 11) is 1.77. The van der Waals surface area contributed by atoms with Gasteiger partial charge >= 0.3 is 0 Å². The molecule has 0 saturated heterocycles. The van der Waals surface area contributed by atoms with Gasteiger partial charge in [0.15, 0.2) is 0 Å². The number of nitrogens with one attached hydrogen (secondary N) is 1. The zero-order chi connectivity index (χ0) is 13.5. The lowest BCUT2D eigenvalue weighted by Gasteiger charge is -2.28. The average Bonchev–Trinajstić information content (AvgIpc) is 2.37. The van der Waals surface area contributed by atoms with Gasteiger partial charge < -0.3 is 10.1 Å². The zero-order valence-corrected chi connectivity index (χ0v) is 12.3. The van der Waals surface area contributed by atoms with Crippen LogP contribution in [0.2, 0.25) is 0 Å². The van der Waals surface area contributed by atoms with E-state index in [0.29, 0.717) is 18.0 Å². The summed E-state index contributed by atoms with van der Waals surface area (Å²) in [5, 5.41) is 3.69. The summed E-state index contributed by atoms with van der Waals surface area (Å²) in [6.07, 6.45) is 1.37. The van der Waals surface area contributed by atoms with Crippen LogP contribution in [-0.4, -0.2) is 19.3 Å². The monoisotopic (exact) mass is 249 g/mol. The van der Waals surface area contributed by atoms with E-state index < -0.39 is 0 Å². The number of hydrogen-bond acceptors (Lipinski definition) is 2. The average molecular weight is 249 g/mol. The standard InChI is InChI=1S/C16H27NO/c1-12(2)11-16(15-9-7-6-8-10-15)17-13(3)14(4)18-5/h6-10,12-14,16-17H,11H2,1-5H3. The van der Waals surface area contributed by atoms with Gasteiger partial charge in [-0.1, -0.05) is 44.2 Å². The van der Waals surface area contributed by atoms with Crippen LogP contribution in [0.1, 0.15) is 45.7 Å². The lowest BCUT2D eigenvalue weighted by atomic mass is 9.96. The second-order valence-corrected chi connectivity index (χ2v) is 5.49.